The van der Waals surface area contributed by atoms with Gasteiger partial charge in [-0.3, -0.25) is 34.1 Å². The molecule has 0 aromatic carbocycles. The molecule has 38 heavy (non-hydrogen) atoms. The fourth-order valence-electron chi connectivity index (χ4n) is 3.73. The van der Waals surface area contributed by atoms with Gasteiger partial charge in [0.2, 0.25) is 17.7 Å². The van der Waals surface area contributed by atoms with E-state index in [0.29, 0.717) is 18.7 Å². The third kappa shape index (κ3) is 16.6. The van der Waals surface area contributed by atoms with E-state index in [0.717, 1.165) is 39.1 Å². The number of imide groups is 1. The summed E-state index contributed by atoms with van der Waals surface area (Å²) in [5.74, 6) is 0.171. The molecule has 6 aliphatic heterocycles. The van der Waals surface area contributed by atoms with E-state index in [-0.39, 0.29) is 11.8 Å². The van der Waals surface area contributed by atoms with Crippen molar-refractivity contribution in [3.8, 4) is 0 Å². The van der Waals surface area contributed by atoms with E-state index in [1.165, 1.54) is 64.1 Å². The van der Waals surface area contributed by atoms with Crippen molar-refractivity contribution in [3.05, 3.63) is 0 Å². The average molecular weight is 540 g/mol. The van der Waals surface area contributed by atoms with Crippen molar-refractivity contribution in [3.63, 3.8) is 0 Å². The Morgan fingerprint density at radius 1 is 0.526 bits per heavy atom. The van der Waals surface area contributed by atoms with Crippen molar-refractivity contribution in [2.24, 2.45) is 10.3 Å². The number of carbonyl (C=O) groups excluding carboxylic acids is 3. The molecule has 0 N–H and O–H groups in total. The fourth-order valence-corrected chi connectivity index (χ4v) is 3.73. The van der Waals surface area contributed by atoms with Crippen LogP contribution in [0.25, 0.3) is 0 Å². The highest BCUT2D eigenvalue weighted by molar-refractivity contribution is 6.01. The summed E-state index contributed by atoms with van der Waals surface area (Å²) in [5, 5.41) is 9.23. The summed E-state index contributed by atoms with van der Waals surface area (Å²) in [7, 11) is 13.8. The molecule has 5 saturated heterocycles. The quantitative estimate of drug-likeness (QED) is 0.329. The zero-order chi connectivity index (χ0) is 28.5. The zero-order valence-electron chi connectivity index (χ0n) is 25.1. The van der Waals surface area contributed by atoms with Gasteiger partial charge in [-0.1, -0.05) is 5.22 Å². The number of likely N-dealkylation sites (tertiary alicyclic amines) is 3. The largest absolute Gasteiger partial charge is 0.346 e. The highest BCUT2D eigenvalue weighted by Crippen LogP contribution is 2.07. The lowest BCUT2D eigenvalue weighted by Crippen LogP contribution is -2.23. The molecule has 12 nitrogen and oxygen atoms in total. The number of carbonyl (C=O) groups is 3. The molecule has 0 aliphatic carbocycles. The Hall–Kier alpha value is -2.15. The third-order valence-corrected chi connectivity index (χ3v) is 6.70. The standard InChI is InChI=1S/C5H12N2.C5H7NO2.C5H9NO.C5H11N.C3H7N3.C3H7N/c1-6-3-4-7(2)5-6;1-6-4(7)2-3-5(6)8;1-6-4-2-3-5(6)7;1-6-4-2-3-5-6;1-6-3-2-4-5-6;1-4-2-3-4/h3-5H2,1-2H3;2-3H2,1H3;2-4H2,1H3;2-5H2,1H3;2-3H2,1H3;2-3H2,1H3. The second-order valence-electron chi connectivity index (χ2n) is 10.7. The number of amides is 3. The van der Waals surface area contributed by atoms with Crippen LogP contribution in [0.2, 0.25) is 0 Å². The van der Waals surface area contributed by atoms with Crippen LogP contribution in [0.15, 0.2) is 10.3 Å². The highest BCUT2D eigenvalue weighted by atomic mass is 16.2. The summed E-state index contributed by atoms with van der Waals surface area (Å²) in [6, 6.07) is 0. The topological polar surface area (TPSA) is 98.4 Å². The van der Waals surface area contributed by atoms with E-state index in [2.05, 4.69) is 58.1 Å². The van der Waals surface area contributed by atoms with Crippen LogP contribution in [-0.4, -0.2) is 167 Å². The third-order valence-electron chi connectivity index (χ3n) is 6.70. The van der Waals surface area contributed by atoms with Gasteiger partial charge in [0.1, 0.15) is 0 Å². The van der Waals surface area contributed by atoms with Gasteiger partial charge < -0.3 is 14.7 Å². The maximum atomic E-state index is 10.5. The van der Waals surface area contributed by atoms with Crippen LogP contribution in [-0.2, 0) is 14.4 Å². The monoisotopic (exact) mass is 539 g/mol. The van der Waals surface area contributed by atoms with Crippen LogP contribution in [0.4, 0.5) is 0 Å². The van der Waals surface area contributed by atoms with E-state index in [4.69, 9.17) is 0 Å². The Morgan fingerprint density at radius 3 is 1.16 bits per heavy atom. The number of hydrogen-bond donors (Lipinski definition) is 0. The molecular formula is C26H53N9O3. The van der Waals surface area contributed by atoms with E-state index in [1.54, 1.807) is 4.90 Å². The normalized spacial score (nSPS) is 23.0. The van der Waals surface area contributed by atoms with Crippen molar-refractivity contribution < 1.29 is 14.4 Å². The minimum absolute atomic E-state index is 0.0602. The second kappa shape index (κ2) is 19.0. The maximum absolute atomic E-state index is 10.5. The van der Waals surface area contributed by atoms with Crippen molar-refractivity contribution in [1.29, 1.82) is 0 Å². The minimum Gasteiger partial charge on any atom is -0.346 e. The summed E-state index contributed by atoms with van der Waals surface area (Å²) < 4.78 is 0. The molecule has 6 rings (SSSR count). The Labute approximate surface area is 230 Å². The van der Waals surface area contributed by atoms with E-state index >= 15 is 0 Å². The van der Waals surface area contributed by atoms with Gasteiger partial charge >= 0.3 is 0 Å². The lowest BCUT2D eigenvalue weighted by Gasteiger charge is -2.06. The number of nitrogens with zero attached hydrogens (tertiary/aromatic N) is 9. The first-order valence-corrected chi connectivity index (χ1v) is 13.9. The average Bonchev–Trinajstić information content (AvgIpc) is 3.41. The molecule has 220 valence electrons. The Balaban J connectivity index is 0.000000230. The molecular weight excluding hydrogens is 486 g/mol. The van der Waals surface area contributed by atoms with Crippen LogP contribution in [0.5, 0.6) is 0 Å². The first-order valence-electron chi connectivity index (χ1n) is 13.9. The summed E-state index contributed by atoms with van der Waals surface area (Å²) in [5.41, 5.74) is 0. The molecule has 12 heteroatoms. The van der Waals surface area contributed by atoms with Gasteiger partial charge in [-0.2, -0.15) is 5.11 Å². The summed E-state index contributed by atoms with van der Waals surface area (Å²) >= 11 is 0. The van der Waals surface area contributed by atoms with E-state index in [9.17, 15) is 14.4 Å². The molecule has 0 saturated carbocycles. The second-order valence-corrected chi connectivity index (χ2v) is 10.7. The van der Waals surface area contributed by atoms with Gasteiger partial charge in [-0.25, -0.2) is 0 Å². The summed E-state index contributed by atoms with van der Waals surface area (Å²) in [6.45, 7) is 11.7. The van der Waals surface area contributed by atoms with Crippen molar-refractivity contribution >= 4 is 17.7 Å². The van der Waals surface area contributed by atoms with Crippen LogP contribution in [0, 0.1) is 0 Å². The lowest BCUT2D eigenvalue weighted by molar-refractivity contribution is -0.136. The molecule has 0 aromatic rings. The van der Waals surface area contributed by atoms with Crippen molar-refractivity contribution in [1.82, 2.24) is 34.4 Å². The molecule has 0 atom stereocenters. The Kier molecular flexibility index (Phi) is 16.9. The molecule has 6 aliphatic rings. The molecule has 0 spiro atoms. The molecule has 6 heterocycles. The molecule has 0 aromatic heterocycles. The number of rotatable bonds is 0. The van der Waals surface area contributed by atoms with Crippen molar-refractivity contribution in [2.75, 3.05) is 115 Å². The van der Waals surface area contributed by atoms with E-state index in [1.807, 2.05) is 19.1 Å². The van der Waals surface area contributed by atoms with Gasteiger partial charge in [0.15, 0.2) is 0 Å². The predicted molar refractivity (Wildman–Crippen MR) is 151 cm³/mol. The number of hydrogen-bond acceptors (Lipinski definition) is 10. The molecule has 0 unspecified atom stereocenters. The van der Waals surface area contributed by atoms with Gasteiger partial charge in [0.05, 0.1) is 19.8 Å². The molecule has 3 amide bonds. The lowest BCUT2D eigenvalue weighted by atomic mass is 10.4. The van der Waals surface area contributed by atoms with Crippen LogP contribution < -0.4 is 0 Å². The van der Waals surface area contributed by atoms with Gasteiger partial charge in [-0.05, 0) is 60.5 Å². The van der Waals surface area contributed by atoms with Gasteiger partial charge in [0.25, 0.3) is 0 Å². The predicted octanol–water partition coefficient (Wildman–Crippen LogP) is 0.768. The maximum Gasteiger partial charge on any atom is 0.229 e. The first-order chi connectivity index (χ1) is 18.0. The van der Waals surface area contributed by atoms with Crippen LogP contribution in [0.3, 0.4) is 0 Å². The number of likely N-dealkylation sites (N-methyl/N-ethyl adjacent to an activating group) is 4. The zero-order valence-corrected chi connectivity index (χ0v) is 25.1. The fraction of sp³-hybridized carbons (Fsp3) is 0.885. The van der Waals surface area contributed by atoms with Crippen LogP contribution >= 0.6 is 0 Å². The summed E-state index contributed by atoms with van der Waals surface area (Å²) in [4.78, 5) is 43.6. The van der Waals surface area contributed by atoms with Crippen LogP contribution in [0.1, 0.15) is 38.5 Å². The first kappa shape index (κ1) is 33.9. The van der Waals surface area contributed by atoms with E-state index < -0.39 is 0 Å². The Morgan fingerprint density at radius 2 is 1.03 bits per heavy atom. The molecule has 0 radical (unpaired) electrons. The Bertz CT molecular complexity index is 703. The SMILES string of the molecule is CN1C(=O)CCC1=O.CN1CC1.CN1CCCC1.CN1CCCC1=O.CN1CCN(C)C1.CN1CCN=N1. The molecule has 5 fully saturated rings. The highest BCUT2D eigenvalue weighted by Gasteiger charge is 2.24. The minimum atomic E-state index is -0.0602. The van der Waals surface area contributed by atoms with Gasteiger partial charge in [0, 0.05) is 73.1 Å². The summed E-state index contributed by atoms with van der Waals surface area (Å²) in [6.07, 6.45) is 5.43. The molecule has 0 bridgehead atoms. The van der Waals surface area contributed by atoms with Gasteiger partial charge in [-0.15, -0.1) is 0 Å². The van der Waals surface area contributed by atoms with Crippen molar-refractivity contribution in [2.45, 2.75) is 38.5 Å². The smallest absolute Gasteiger partial charge is 0.229 e.